The molecule has 2 rings (SSSR count). The van der Waals surface area contributed by atoms with Gasteiger partial charge < -0.3 is 5.11 Å². The molecule has 1 atom stereocenters. The highest BCUT2D eigenvalue weighted by atomic mass is 19.3. The molecule has 1 saturated heterocycles. The highest BCUT2D eigenvalue weighted by molar-refractivity contribution is 5.74. The molecular weight excluding hydrogens is 228 g/mol. The highest BCUT2D eigenvalue weighted by Gasteiger charge is 2.47. The lowest BCUT2D eigenvalue weighted by molar-refractivity contribution is -0.142. The molecule has 1 aliphatic rings. The fraction of sp³-hybridized carbons (Fsp3) is 0.417. The Morgan fingerprint density at radius 1 is 1.41 bits per heavy atom. The number of likely N-dealkylation sites (tertiary alicyclic amines) is 1. The molecule has 1 aromatic carbocycles. The Hall–Kier alpha value is -1.49. The predicted octanol–water partition coefficient (Wildman–Crippen LogP) is 1.98. The maximum Gasteiger partial charge on any atom is 0.321 e. The Balaban J connectivity index is 2.12. The van der Waals surface area contributed by atoms with E-state index < -0.39 is 30.9 Å². The molecule has 0 spiro atoms. The number of carbonyl (C=O) groups is 1. The third-order valence-electron chi connectivity index (χ3n) is 2.88. The third kappa shape index (κ3) is 2.79. The summed E-state index contributed by atoms with van der Waals surface area (Å²) in [6, 6.07) is 7.95. The van der Waals surface area contributed by atoms with E-state index in [1.54, 1.807) is 24.3 Å². The number of hydrogen-bond donors (Lipinski definition) is 1. The van der Waals surface area contributed by atoms with E-state index in [1.807, 2.05) is 6.07 Å². The van der Waals surface area contributed by atoms with Gasteiger partial charge in [0.2, 0.25) is 0 Å². The molecule has 1 aromatic rings. The first-order valence-electron chi connectivity index (χ1n) is 5.36. The Morgan fingerprint density at radius 3 is 2.65 bits per heavy atom. The van der Waals surface area contributed by atoms with Crippen LogP contribution in [0.2, 0.25) is 0 Å². The van der Waals surface area contributed by atoms with Gasteiger partial charge in [-0.1, -0.05) is 30.3 Å². The number of benzene rings is 1. The van der Waals surface area contributed by atoms with Gasteiger partial charge in [0.25, 0.3) is 5.92 Å². The fourth-order valence-electron chi connectivity index (χ4n) is 2.11. The van der Waals surface area contributed by atoms with E-state index in [4.69, 9.17) is 5.11 Å². The lowest BCUT2D eigenvalue weighted by Crippen LogP contribution is -2.35. The third-order valence-corrected chi connectivity index (χ3v) is 2.88. The SMILES string of the molecule is O=C(O)[C@H]1CC(F)(F)CN1Cc1ccccc1. The summed E-state index contributed by atoms with van der Waals surface area (Å²) >= 11 is 0. The Morgan fingerprint density at radius 2 is 2.06 bits per heavy atom. The molecule has 1 aliphatic heterocycles. The average Bonchev–Trinajstić information content (AvgIpc) is 2.55. The summed E-state index contributed by atoms with van der Waals surface area (Å²) in [6.07, 6.45) is -0.602. The highest BCUT2D eigenvalue weighted by Crippen LogP contribution is 2.33. The molecule has 0 radical (unpaired) electrons. The van der Waals surface area contributed by atoms with Crippen LogP contribution in [-0.2, 0) is 11.3 Å². The van der Waals surface area contributed by atoms with Gasteiger partial charge in [-0.3, -0.25) is 9.69 Å². The van der Waals surface area contributed by atoms with Crippen LogP contribution in [0.15, 0.2) is 30.3 Å². The number of halogens is 2. The largest absolute Gasteiger partial charge is 0.480 e. The van der Waals surface area contributed by atoms with E-state index in [0.717, 1.165) is 5.56 Å². The Kier molecular flexibility index (Phi) is 3.11. The molecule has 3 nitrogen and oxygen atoms in total. The second-order valence-electron chi connectivity index (χ2n) is 4.30. The van der Waals surface area contributed by atoms with Crippen LogP contribution in [0.5, 0.6) is 0 Å². The molecule has 92 valence electrons. The van der Waals surface area contributed by atoms with E-state index >= 15 is 0 Å². The number of rotatable bonds is 3. The van der Waals surface area contributed by atoms with Crippen LogP contribution in [-0.4, -0.2) is 34.5 Å². The molecule has 0 bridgehead atoms. The van der Waals surface area contributed by atoms with E-state index in [2.05, 4.69) is 0 Å². The van der Waals surface area contributed by atoms with E-state index in [0.29, 0.717) is 0 Å². The van der Waals surface area contributed by atoms with E-state index in [-0.39, 0.29) is 6.54 Å². The molecular formula is C12H13F2NO2. The predicted molar refractivity (Wildman–Crippen MR) is 57.8 cm³/mol. The van der Waals surface area contributed by atoms with Crippen molar-refractivity contribution in [3.63, 3.8) is 0 Å². The number of hydrogen-bond acceptors (Lipinski definition) is 2. The van der Waals surface area contributed by atoms with E-state index in [9.17, 15) is 13.6 Å². The number of carboxylic acid groups (broad SMARTS) is 1. The van der Waals surface area contributed by atoms with Gasteiger partial charge in [0.05, 0.1) is 6.54 Å². The second kappa shape index (κ2) is 4.41. The minimum atomic E-state index is -2.90. The normalized spacial score (nSPS) is 23.8. The lowest BCUT2D eigenvalue weighted by Gasteiger charge is -2.20. The molecule has 0 amide bonds. The van der Waals surface area contributed by atoms with Gasteiger partial charge in [0, 0.05) is 13.0 Å². The van der Waals surface area contributed by atoms with Gasteiger partial charge >= 0.3 is 5.97 Å². The van der Waals surface area contributed by atoms with Crippen LogP contribution in [0.4, 0.5) is 8.78 Å². The summed E-state index contributed by atoms with van der Waals surface area (Å²) in [6.45, 7) is -0.244. The topological polar surface area (TPSA) is 40.5 Å². The van der Waals surface area contributed by atoms with Crippen LogP contribution in [0, 0.1) is 0 Å². The first kappa shape index (κ1) is 12.0. The Labute approximate surface area is 97.7 Å². The van der Waals surface area contributed by atoms with Gasteiger partial charge in [0.1, 0.15) is 6.04 Å². The zero-order chi connectivity index (χ0) is 12.5. The van der Waals surface area contributed by atoms with Crippen molar-refractivity contribution in [2.75, 3.05) is 6.54 Å². The van der Waals surface area contributed by atoms with Crippen molar-refractivity contribution >= 4 is 5.97 Å². The van der Waals surface area contributed by atoms with Gasteiger partial charge in [0.15, 0.2) is 0 Å². The molecule has 1 heterocycles. The minimum Gasteiger partial charge on any atom is -0.480 e. The number of nitrogens with zero attached hydrogens (tertiary/aromatic N) is 1. The number of aliphatic carboxylic acids is 1. The average molecular weight is 241 g/mol. The summed E-state index contributed by atoms with van der Waals surface area (Å²) in [4.78, 5) is 12.2. The Bertz CT molecular complexity index is 408. The zero-order valence-corrected chi connectivity index (χ0v) is 9.14. The van der Waals surface area contributed by atoms with Crippen molar-refractivity contribution in [3.8, 4) is 0 Å². The van der Waals surface area contributed by atoms with Crippen molar-refractivity contribution < 1.29 is 18.7 Å². The van der Waals surface area contributed by atoms with Crippen LogP contribution in [0.3, 0.4) is 0 Å². The van der Waals surface area contributed by atoms with Gasteiger partial charge in [-0.2, -0.15) is 0 Å². The van der Waals surface area contributed by atoms with Crippen LogP contribution >= 0.6 is 0 Å². The minimum absolute atomic E-state index is 0.243. The standard InChI is InChI=1S/C12H13F2NO2/c13-12(14)6-10(11(16)17)15(8-12)7-9-4-2-1-3-5-9/h1-5,10H,6-8H2,(H,16,17)/t10-/m1/s1. The monoisotopic (exact) mass is 241 g/mol. The smallest absolute Gasteiger partial charge is 0.321 e. The molecule has 0 saturated carbocycles. The first-order chi connectivity index (χ1) is 7.98. The number of carboxylic acids is 1. The zero-order valence-electron chi connectivity index (χ0n) is 9.14. The summed E-state index contributed by atoms with van der Waals surface area (Å²) in [5.41, 5.74) is 0.844. The fourth-order valence-corrected chi connectivity index (χ4v) is 2.11. The molecule has 0 aliphatic carbocycles. The van der Waals surface area contributed by atoms with Crippen LogP contribution in [0.1, 0.15) is 12.0 Å². The van der Waals surface area contributed by atoms with Crippen LogP contribution < -0.4 is 0 Å². The molecule has 1 N–H and O–H groups in total. The first-order valence-corrected chi connectivity index (χ1v) is 5.36. The van der Waals surface area contributed by atoms with Gasteiger partial charge in [-0.05, 0) is 5.56 Å². The van der Waals surface area contributed by atoms with Gasteiger partial charge in [-0.15, -0.1) is 0 Å². The maximum atomic E-state index is 13.2. The van der Waals surface area contributed by atoms with Crippen molar-refractivity contribution in [2.24, 2.45) is 0 Å². The summed E-state index contributed by atoms with van der Waals surface area (Å²) in [7, 11) is 0. The summed E-state index contributed by atoms with van der Waals surface area (Å²) < 4.78 is 26.4. The summed E-state index contributed by atoms with van der Waals surface area (Å²) in [5, 5.41) is 8.92. The molecule has 17 heavy (non-hydrogen) atoms. The lowest BCUT2D eigenvalue weighted by atomic mass is 10.2. The van der Waals surface area contributed by atoms with Crippen molar-refractivity contribution in [3.05, 3.63) is 35.9 Å². The van der Waals surface area contributed by atoms with Gasteiger partial charge in [-0.25, -0.2) is 8.78 Å². The molecule has 0 unspecified atom stereocenters. The van der Waals surface area contributed by atoms with Crippen molar-refractivity contribution in [1.82, 2.24) is 4.90 Å². The van der Waals surface area contributed by atoms with E-state index in [1.165, 1.54) is 4.90 Å². The van der Waals surface area contributed by atoms with Crippen molar-refractivity contribution in [1.29, 1.82) is 0 Å². The van der Waals surface area contributed by atoms with Crippen LogP contribution in [0.25, 0.3) is 0 Å². The molecule has 0 aromatic heterocycles. The maximum absolute atomic E-state index is 13.2. The second-order valence-corrected chi connectivity index (χ2v) is 4.30. The molecule has 5 heteroatoms. The number of alkyl halides is 2. The quantitative estimate of drug-likeness (QED) is 0.879. The molecule has 1 fully saturated rings. The van der Waals surface area contributed by atoms with Crippen molar-refractivity contribution in [2.45, 2.75) is 24.9 Å². The summed E-state index contributed by atoms with van der Waals surface area (Å²) in [5.74, 6) is -4.09.